The average molecular weight is 332 g/mol. The molecule has 0 atom stereocenters. The Labute approximate surface area is 135 Å². The Morgan fingerprint density at radius 3 is 2.50 bits per heavy atom. The van der Waals surface area contributed by atoms with Crippen molar-refractivity contribution in [2.24, 2.45) is 5.41 Å². The largest absolute Gasteiger partial charge is 0.313 e. The van der Waals surface area contributed by atoms with Gasteiger partial charge in [0.25, 0.3) is 0 Å². The summed E-state index contributed by atoms with van der Waals surface area (Å²) >= 11 is 12.4. The molecule has 2 nitrogen and oxygen atoms in total. The van der Waals surface area contributed by atoms with Crippen LogP contribution in [0.1, 0.15) is 26.3 Å². The van der Waals surface area contributed by atoms with Crippen molar-refractivity contribution in [3.05, 3.63) is 52.5 Å². The second-order valence-electron chi connectivity index (χ2n) is 5.43. The predicted molar refractivity (Wildman–Crippen MR) is 89.6 cm³/mol. The first kappa shape index (κ1) is 17.1. The highest BCUT2D eigenvalue weighted by molar-refractivity contribution is 6.34. The summed E-state index contributed by atoms with van der Waals surface area (Å²) in [6, 6.07) is 5.52. The maximum atomic E-state index is 6.31. The molecule has 0 unspecified atom stereocenters. The highest BCUT2D eigenvalue weighted by Crippen LogP contribution is 2.39. The molecule has 0 amide bonds. The van der Waals surface area contributed by atoms with Crippen molar-refractivity contribution in [2.75, 3.05) is 0 Å². The van der Waals surface area contributed by atoms with Crippen LogP contribution in [-0.4, -0.2) is 9.55 Å². The fourth-order valence-electron chi connectivity index (χ4n) is 1.87. The summed E-state index contributed by atoms with van der Waals surface area (Å²) in [7, 11) is 0. The van der Waals surface area contributed by atoms with E-state index in [4.69, 9.17) is 23.2 Å². The van der Waals surface area contributed by atoms with E-state index in [1.165, 1.54) is 0 Å². The van der Waals surface area contributed by atoms with E-state index in [0.29, 0.717) is 10.0 Å². The lowest BCUT2D eigenvalue weighted by atomic mass is 9.82. The lowest BCUT2D eigenvalue weighted by Gasteiger charge is -2.24. The molecule has 0 aliphatic heterocycles. The Bertz CT molecular complexity index is 596. The number of allylic oxidation sites excluding steroid dienone is 1. The summed E-state index contributed by atoms with van der Waals surface area (Å²) in [4.78, 5) is 4.05. The van der Waals surface area contributed by atoms with Crippen LogP contribution < -0.4 is 0 Å². The third-order valence-corrected chi connectivity index (χ3v) is 3.39. The highest BCUT2D eigenvalue weighted by Gasteiger charge is 2.21. The Hall–Kier alpha value is -0.960. The van der Waals surface area contributed by atoms with Gasteiger partial charge < -0.3 is 4.57 Å². The Morgan fingerprint density at radius 2 is 1.95 bits per heavy atom. The minimum atomic E-state index is -0.0570. The molecule has 1 aromatic heterocycles. The van der Waals surface area contributed by atoms with E-state index in [-0.39, 0.29) is 17.8 Å². The highest BCUT2D eigenvalue weighted by atomic mass is 35.5. The second-order valence-corrected chi connectivity index (χ2v) is 6.27. The zero-order valence-corrected chi connectivity index (χ0v) is 13.9. The molecular weight excluding hydrogens is 315 g/mol. The van der Waals surface area contributed by atoms with E-state index < -0.39 is 0 Å². The minimum absolute atomic E-state index is 0. The standard InChI is InChI=1S/C15H16Cl2N2.ClH/c1-15(2,3)13(9-19-7-6-18-10-19)12-8-11(16)4-5-14(12)17;/h4-10H,1-3H3;1H/b13-9-;. The first-order valence-corrected chi connectivity index (χ1v) is 6.78. The topological polar surface area (TPSA) is 17.8 Å². The van der Waals surface area contributed by atoms with E-state index in [0.717, 1.165) is 11.1 Å². The van der Waals surface area contributed by atoms with E-state index >= 15 is 0 Å². The van der Waals surface area contributed by atoms with Gasteiger partial charge in [-0.3, -0.25) is 0 Å². The molecule has 1 heterocycles. The fourth-order valence-corrected chi connectivity index (χ4v) is 2.26. The smallest absolute Gasteiger partial charge is 0.0986 e. The predicted octanol–water partition coefficient (Wildman–Crippen LogP) is 5.66. The average Bonchev–Trinajstić information content (AvgIpc) is 2.81. The minimum Gasteiger partial charge on any atom is -0.313 e. The van der Waals surface area contributed by atoms with E-state index in [1.54, 1.807) is 18.6 Å². The van der Waals surface area contributed by atoms with Gasteiger partial charge in [0.1, 0.15) is 0 Å². The lowest BCUT2D eigenvalue weighted by molar-refractivity contribution is 0.568. The van der Waals surface area contributed by atoms with Gasteiger partial charge in [-0.2, -0.15) is 0 Å². The first-order valence-electron chi connectivity index (χ1n) is 6.03. The summed E-state index contributed by atoms with van der Waals surface area (Å²) in [5.41, 5.74) is 2.01. The summed E-state index contributed by atoms with van der Waals surface area (Å²) in [5.74, 6) is 0. The molecule has 0 aliphatic rings. The number of imidazole rings is 1. The zero-order valence-electron chi connectivity index (χ0n) is 11.6. The maximum absolute atomic E-state index is 6.31. The maximum Gasteiger partial charge on any atom is 0.0986 e. The number of halogens is 3. The summed E-state index contributed by atoms with van der Waals surface area (Å²) in [6.45, 7) is 6.44. The molecule has 5 heteroatoms. The zero-order chi connectivity index (χ0) is 14.0. The first-order chi connectivity index (χ1) is 8.88. The molecular formula is C15H17Cl3N2. The Balaban J connectivity index is 0.00000200. The van der Waals surface area contributed by atoms with Gasteiger partial charge in [-0.25, -0.2) is 4.98 Å². The number of aromatic nitrogens is 2. The molecule has 0 N–H and O–H groups in total. The lowest BCUT2D eigenvalue weighted by Crippen LogP contribution is -2.09. The van der Waals surface area contributed by atoms with Gasteiger partial charge in [-0.05, 0) is 34.8 Å². The summed E-state index contributed by atoms with van der Waals surface area (Å²) < 4.78 is 1.91. The van der Waals surface area contributed by atoms with Crippen LogP contribution in [-0.2, 0) is 0 Å². The number of benzene rings is 1. The van der Waals surface area contributed by atoms with Crippen LogP contribution in [0.5, 0.6) is 0 Å². The van der Waals surface area contributed by atoms with Crippen LogP contribution in [0.3, 0.4) is 0 Å². The normalized spacial score (nSPS) is 12.2. The van der Waals surface area contributed by atoms with Crippen molar-refractivity contribution in [3.63, 3.8) is 0 Å². The Kier molecular flexibility index (Phi) is 5.69. The third-order valence-electron chi connectivity index (χ3n) is 2.83. The summed E-state index contributed by atoms with van der Waals surface area (Å²) in [6.07, 6.45) is 7.43. The van der Waals surface area contributed by atoms with Crippen LogP contribution in [0.4, 0.5) is 0 Å². The number of hydrogen-bond acceptors (Lipinski definition) is 1. The number of hydrogen-bond donors (Lipinski definition) is 0. The van der Waals surface area contributed by atoms with Gasteiger partial charge >= 0.3 is 0 Å². The SMILES string of the molecule is CC(C)(C)/C(=C\n1ccnc1)c1cc(Cl)ccc1Cl.Cl. The fraction of sp³-hybridized carbons (Fsp3) is 0.267. The van der Waals surface area contributed by atoms with Crippen molar-refractivity contribution < 1.29 is 0 Å². The second kappa shape index (κ2) is 6.66. The van der Waals surface area contributed by atoms with E-state index in [1.807, 2.05) is 29.1 Å². The third kappa shape index (κ3) is 4.02. The van der Waals surface area contributed by atoms with Crippen molar-refractivity contribution in [1.82, 2.24) is 9.55 Å². The molecule has 0 bridgehead atoms. The van der Waals surface area contributed by atoms with Crippen LogP contribution in [0.25, 0.3) is 11.8 Å². The van der Waals surface area contributed by atoms with Gasteiger partial charge in [-0.1, -0.05) is 44.0 Å². The van der Waals surface area contributed by atoms with E-state index in [2.05, 4.69) is 25.8 Å². The molecule has 0 radical (unpaired) electrons. The molecule has 0 fully saturated rings. The molecule has 1 aromatic carbocycles. The molecule has 0 spiro atoms. The van der Waals surface area contributed by atoms with Crippen LogP contribution in [0.15, 0.2) is 36.9 Å². The van der Waals surface area contributed by atoms with Crippen LogP contribution in [0.2, 0.25) is 10.0 Å². The van der Waals surface area contributed by atoms with E-state index in [9.17, 15) is 0 Å². The van der Waals surface area contributed by atoms with Crippen LogP contribution in [0, 0.1) is 5.41 Å². The van der Waals surface area contributed by atoms with Crippen LogP contribution >= 0.6 is 35.6 Å². The molecule has 2 rings (SSSR count). The molecule has 108 valence electrons. The molecule has 0 aliphatic carbocycles. The molecule has 20 heavy (non-hydrogen) atoms. The molecule has 2 aromatic rings. The van der Waals surface area contributed by atoms with Gasteiger partial charge in [0.05, 0.1) is 6.33 Å². The number of rotatable bonds is 2. The summed E-state index contributed by atoms with van der Waals surface area (Å²) in [5, 5.41) is 1.38. The monoisotopic (exact) mass is 330 g/mol. The van der Waals surface area contributed by atoms with Crippen molar-refractivity contribution in [1.29, 1.82) is 0 Å². The van der Waals surface area contributed by atoms with Gasteiger partial charge in [0.15, 0.2) is 0 Å². The van der Waals surface area contributed by atoms with Gasteiger partial charge in [0, 0.05) is 28.6 Å². The van der Waals surface area contributed by atoms with Gasteiger partial charge in [-0.15, -0.1) is 12.4 Å². The number of nitrogens with zero attached hydrogens (tertiary/aromatic N) is 2. The Morgan fingerprint density at radius 1 is 1.25 bits per heavy atom. The molecule has 0 saturated heterocycles. The van der Waals surface area contributed by atoms with Gasteiger partial charge in [0.2, 0.25) is 0 Å². The quantitative estimate of drug-likeness (QED) is 0.694. The van der Waals surface area contributed by atoms with Crippen molar-refractivity contribution in [2.45, 2.75) is 20.8 Å². The molecule has 0 saturated carbocycles. The van der Waals surface area contributed by atoms with Crippen molar-refractivity contribution in [3.8, 4) is 0 Å². The van der Waals surface area contributed by atoms with Crippen molar-refractivity contribution >= 4 is 47.4 Å².